The van der Waals surface area contributed by atoms with Crippen molar-refractivity contribution >= 4 is 66.2 Å². The van der Waals surface area contributed by atoms with Crippen LogP contribution in [0.4, 0.5) is 17.1 Å². The largest absolute Gasteiger partial charge is 0.322 e. The summed E-state index contributed by atoms with van der Waals surface area (Å²) in [4.78, 5) is 12.6. The van der Waals surface area contributed by atoms with Gasteiger partial charge >= 0.3 is 0 Å². The van der Waals surface area contributed by atoms with E-state index in [1.807, 2.05) is 0 Å². The lowest BCUT2D eigenvalue weighted by Crippen LogP contribution is -2.17. The number of carbonyl (C=O) groups is 1. The second-order valence-electron chi connectivity index (χ2n) is 8.16. The zero-order valence-corrected chi connectivity index (χ0v) is 22.9. The number of halogens is 2. The van der Waals surface area contributed by atoms with E-state index in [0.29, 0.717) is 27.6 Å². The standard InChI is InChI=1S/C26H21Cl2N3O5S2/c1-17-5-2-3-8-24(17)31-38(35,36)25-15-18(9-14-23(25)28)26(32)29-20-10-12-22(13-11-20)37(33,34)30-21-7-4-6-19(27)16-21/h2-16,30-31H,1H3,(H,29,32). The van der Waals surface area contributed by atoms with Gasteiger partial charge in [0.05, 0.1) is 21.3 Å². The summed E-state index contributed by atoms with van der Waals surface area (Å²) in [5.74, 6) is -0.610. The lowest BCUT2D eigenvalue weighted by atomic mass is 10.2. The molecular weight excluding hydrogens is 569 g/mol. The number of para-hydroxylation sites is 1. The number of hydrogen-bond donors (Lipinski definition) is 3. The fourth-order valence-corrected chi connectivity index (χ4v) is 6.32. The van der Waals surface area contributed by atoms with Crippen LogP contribution in [-0.4, -0.2) is 22.7 Å². The van der Waals surface area contributed by atoms with E-state index in [-0.39, 0.29) is 20.4 Å². The summed E-state index contributed by atoms with van der Waals surface area (Å²) in [6, 6.07) is 22.5. The zero-order chi connectivity index (χ0) is 27.5. The van der Waals surface area contributed by atoms with Crippen LogP contribution in [0.15, 0.2) is 101 Å². The number of carbonyl (C=O) groups excluding carboxylic acids is 1. The lowest BCUT2D eigenvalue weighted by Gasteiger charge is -2.13. The van der Waals surface area contributed by atoms with Gasteiger partial charge in [0.1, 0.15) is 4.90 Å². The number of aryl methyl sites for hydroxylation is 1. The van der Waals surface area contributed by atoms with Crippen molar-refractivity contribution in [3.63, 3.8) is 0 Å². The minimum absolute atomic E-state index is 0.0300. The molecule has 0 aliphatic carbocycles. The average Bonchev–Trinajstić information content (AvgIpc) is 2.85. The van der Waals surface area contributed by atoms with Crippen LogP contribution in [0.3, 0.4) is 0 Å². The summed E-state index contributed by atoms with van der Waals surface area (Å²) >= 11 is 12.1. The molecule has 0 aliphatic rings. The highest BCUT2D eigenvalue weighted by molar-refractivity contribution is 7.93. The molecule has 0 bridgehead atoms. The third-order valence-corrected chi connectivity index (χ3v) is 8.85. The maximum absolute atomic E-state index is 13.0. The quantitative estimate of drug-likeness (QED) is 0.227. The Hall–Kier alpha value is -3.57. The maximum Gasteiger partial charge on any atom is 0.263 e. The summed E-state index contributed by atoms with van der Waals surface area (Å²) in [5, 5.41) is 2.95. The summed E-state index contributed by atoms with van der Waals surface area (Å²) in [7, 11) is -7.98. The number of anilines is 3. The first-order valence-electron chi connectivity index (χ1n) is 11.0. The van der Waals surface area contributed by atoms with Crippen LogP contribution in [0, 0.1) is 6.92 Å². The van der Waals surface area contributed by atoms with E-state index in [9.17, 15) is 21.6 Å². The van der Waals surface area contributed by atoms with E-state index in [1.165, 1.54) is 48.5 Å². The van der Waals surface area contributed by atoms with Crippen molar-refractivity contribution in [2.24, 2.45) is 0 Å². The third-order valence-electron chi connectivity index (χ3n) is 5.37. The minimum atomic E-state index is -4.09. The number of sulfonamides is 2. The third kappa shape index (κ3) is 6.46. The highest BCUT2D eigenvalue weighted by atomic mass is 35.5. The smallest absolute Gasteiger partial charge is 0.263 e. The molecule has 4 rings (SSSR count). The Labute approximate surface area is 230 Å². The second-order valence-corrected chi connectivity index (χ2v) is 12.3. The second kappa shape index (κ2) is 11.0. The van der Waals surface area contributed by atoms with Gasteiger partial charge in [-0.3, -0.25) is 14.2 Å². The molecule has 0 fully saturated rings. The SMILES string of the molecule is Cc1ccccc1NS(=O)(=O)c1cc(C(=O)Nc2ccc(S(=O)(=O)Nc3cccc(Cl)c3)cc2)ccc1Cl. The van der Waals surface area contributed by atoms with E-state index >= 15 is 0 Å². The predicted molar refractivity (Wildman–Crippen MR) is 150 cm³/mol. The van der Waals surface area contributed by atoms with E-state index in [2.05, 4.69) is 14.8 Å². The Morgan fingerprint density at radius 3 is 2.11 bits per heavy atom. The fourth-order valence-electron chi connectivity index (χ4n) is 3.42. The van der Waals surface area contributed by atoms with Crippen LogP contribution in [0.5, 0.6) is 0 Å². The Bertz CT molecular complexity index is 1730. The molecule has 0 aromatic heterocycles. The van der Waals surface area contributed by atoms with Crippen molar-refractivity contribution in [2.45, 2.75) is 16.7 Å². The van der Waals surface area contributed by atoms with E-state index in [4.69, 9.17) is 23.2 Å². The van der Waals surface area contributed by atoms with Gasteiger partial charge in [0, 0.05) is 16.3 Å². The normalized spacial score (nSPS) is 11.6. The summed E-state index contributed by atoms with van der Waals surface area (Å²) in [6.45, 7) is 1.76. The molecule has 38 heavy (non-hydrogen) atoms. The minimum Gasteiger partial charge on any atom is -0.322 e. The maximum atomic E-state index is 13.0. The molecule has 4 aromatic rings. The first-order chi connectivity index (χ1) is 17.9. The molecule has 3 N–H and O–H groups in total. The van der Waals surface area contributed by atoms with Gasteiger partial charge in [0.2, 0.25) is 0 Å². The number of hydrogen-bond acceptors (Lipinski definition) is 5. The van der Waals surface area contributed by atoms with Gasteiger partial charge in [-0.25, -0.2) is 16.8 Å². The highest BCUT2D eigenvalue weighted by Crippen LogP contribution is 2.27. The first kappa shape index (κ1) is 27.5. The molecule has 0 saturated heterocycles. The van der Waals surface area contributed by atoms with Gasteiger partial charge in [-0.1, -0.05) is 47.5 Å². The molecule has 0 aliphatic heterocycles. The van der Waals surface area contributed by atoms with E-state index in [1.54, 1.807) is 49.4 Å². The molecule has 1 amide bonds. The Morgan fingerprint density at radius 2 is 1.42 bits per heavy atom. The van der Waals surface area contributed by atoms with Crippen molar-refractivity contribution in [3.8, 4) is 0 Å². The van der Waals surface area contributed by atoms with Crippen molar-refractivity contribution in [3.05, 3.63) is 112 Å². The van der Waals surface area contributed by atoms with E-state index in [0.717, 1.165) is 0 Å². The van der Waals surface area contributed by atoms with Crippen LogP contribution in [0.2, 0.25) is 10.0 Å². The number of rotatable bonds is 8. The van der Waals surface area contributed by atoms with Crippen LogP contribution in [0.25, 0.3) is 0 Å². The predicted octanol–water partition coefficient (Wildman–Crippen LogP) is 6.16. The van der Waals surface area contributed by atoms with Gasteiger partial charge in [-0.05, 0) is 79.2 Å². The molecule has 8 nitrogen and oxygen atoms in total. The molecule has 0 radical (unpaired) electrons. The molecule has 0 atom stereocenters. The zero-order valence-electron chi connectivity index (χ0n) is 19.8. The van der Waals surface area contributed by atoms with Gasteiger partial charge in [-0.15, -0.1) is 0 Å². The Balaban J connectivity index is 1.50. The Kier molecular flexibility index (Phi) is 7.98. The number of benzene rings is 4. The molecule has 196 valence electrons. The van der Waals surface area contributed by atoms with Crippen molar-refractivity contribution in [1.82, 2.24) is 0 Å². The van der Waals surface area contributed by atoms with Crippen LogP contribution >= 0.6 is 23.2 Å². The van der Waals surface area contributed by atoms with Gasteiger partial charge in [0.15, 0.2) is 0 Å². The van der Waals surface area contributed by atoms with Crippen molar-refractivity contribution < 1.29 is 21.6 Å². The van der Waals surface area contributed by atoms with Crippen LogP contribution < -0.4 is 14.8 Å². The van der Waals surface area contributed by atoms with Crippen LogP contribution in [0.1, 0.15) is 15.9 Å². The molecule has 0 heterocycles. The number of nitrogens with one attached hydrogen (secondary N) is 3. The van der Waals surface area contributed by atoms with E-state index < -0.39 is 26.0 Å². The van der Waals surface area contributed by atoms with Crippen molar-refractivity contribution in [1.29, 1.82) is 0 Å². The monoisotopic (exact) mass is 589 g/mol. The molecular formula is C26H21Cl2N3O5S2. The molecule has 4 aromatic carbocycles. The summed E-state index contributed by atoms with van der Waals surface area (Å²) in [6.07, 6.45) is 0. The Morgan fingerprint density at radius 1 is 0.711 bits per heavy atom. The van der Waals surface area contributed by atoms with Crippen LogP contribution in [-0.2, 0) is 20.0 Å². The molecule has 0 unspecified atom stereocenters. The number of amides is 1. The van der Waals surface area contributed by atoms with Gasteiger partial charge in [-0.2, -0.15) is 0 Å². The summed E-state index contributed by atoms with van der Waals surface area (Å²) in [5.41, 5.74) is 1.75. The molecule has 0 spiro atoms. The van der Waals surface area contributed by atoms with Gasteiger partial charge in [0.25, 0.3) is 26.0 Å². The highest BCUT2D eigenvalue weighted by Gasteiger charge is 2.21. The average molecular weight is 591 g/mol. The first-order valence-corrected chi connectivity index (χ1v) is 14.7. The lowest BCUT2D eigenvalue weighted by molar-refractivity contribution is 0.102. The molecule has 0 saturated carbocycles. The van der Waals surface area contributed by atoms with Crippen molar-refractivity contribution in [2.75, 3.05) is 14.8 Å². The summed E-state index contributed by atoms with van der Waals surface area (Å²) < 4.78 is 56.2. The topological polar surface area (TPSA) is 121 Å². The molecule has 12 heteroatoms. The fraction of sp³-hybridized carbons (Fsp3) is 0.0385. The van der Waals surface area contributed by atoms with Gasteiger partial charge < -0.3 is 5.32 Å².